The average molecular weight is 436 g/mol. The van der Waals surface area contributed by atoms with Crippen LogP contribution in [0.4, 0.5) is 5.69 Å². The summed E-state index contributed by atoms with van der Waals surface area (Å²) < 4.78 is 6.51. The second-order valence-electron chi connectivity index (χ2n) is 7.95. The van der Waals surface area contributed by atoms with Gasteiger partial charge in [0.2, 0.25) is 0 Å². The summed E-state index contributed by atoms with van der Waals surface area (Å²) in [5, 5.41) is 4.37. The summed E-state index contributed by atoms with van der Waals surface area (Å²) in [5.41, 5.74) is 6.92. The number of nitrogens with one attached hydrogen (secondary N) is 1. The molecule has 0 unspecified atom stereocenters. The molecule has 1 aliphatic carbocycles. The van der Waals surface area contributed by atoms with Crippen molar-refractivity contribution in [2.75, 3.05) is 19.0 Å². The van der Waals surface area contributed by atoms with Gasteiger partial charge in [0.15, 0.2) is 0 Å². The topological polar surface area (TPSA) is 47.0 Å². The molecule has 2 heterocycles. The zero-order valence-corrected chi connectivity index (χ0v) is 18.6. The fourth-order valence-corrected chi connectivity index (χ4v) is 5.75. The lowest BCUT2D eigenvalue weighted by molar-refractivity contribution is 0.338. The van der Waals surface area contributed by atoms with Crippen molar-refractivity contribution in [2.45, 2.75) is 31.6 Å². The van der Waals surface area contributed by atoms with Crippen molar-refractivity contribution in [3.8, 4) is 15.6 Å². The Hall–Kier alpha value is -2.44. The molecule has 4 nitrogen and oxygen atoms in total. The van der Waals surface area contributed by atoms with Gasteiger partial charge in [-0.15, -0.1) is 11.3 Å². The lowest BCUT2D eigenvalue weighted by Crippen LogP contribution is -2.20. The third-order valence-electron chi connectivity index (χ3n) is 6.07. The molecule has 30 heavy (non-hydrogen) atoms. The molecule has 0 aliphatic heterocycles. The molecular weight excluding hydrogens is 410 g/mol. The number of aromatic nitrogens is 2. The highest BCUT2D eigenvalue weighted by atomic mass is 32.1. The van der Waals surface area contributed by atoms with E-state index in [4.69, 9.17) is 4.74 Å². The van der Waals surface area contributed by atoms with Gasteiger partial charge in [0.25, 0.3) is 5.19 Å². The van der Waals surface area contributed by atoms with Crippen LogP contribution in [0.3, 0.4) is 0 Å². The number of fused-ring (bicyclic) bond motifs is 1. The van der Waals surface area contributed by atoms with E-state index in [0.717, 1.165) is 22.9 Å². The van der Waals surface area contributed by atoms with E-state index in [2.05, 4.69) is 57.7 Å². The molecule has 1 saturated carbocycles. The van der Waals surface area contributed by atoms with Crippen LogP contribution in [0.25, 0.3) is 20.7 Å². The Kier molecular flexibility index (Phi) is 5.69. The minimum absolute atomic E-state index is 0.678. The number of rotatable bonds is 6. The molecule has 5 rings (SSSR count). The molecule has 0 saturated heterocycles. The number of benzene rings is 2. The third kappa shape index (κ3) is 4.20. The second-order valence-corrected chi connectivity index (χ2v) is 9.83. The Morgan fingerprint density at radius 2 is 1.97 bits per heavy atom. The number of methoxy groups -OCH3 is 1. The van der Waals surface area contributed by atoms with Gasteiger partial charge in [-0.25, -0.2) is 9.97 Å². The SMILES string of the molecule is COc1ncc(-c2cccc(NCC3CCC(c4ccc5scnc5c4)CC3)c2)s1. The molecule has 6 heteroatoms. The van der Waals surface area contributed by atoms with Crippen molar-refractivity contribution in [1.82, 2.24) is 9.97 Å². The van der Waals surface area contributed by atoms with Gasteiger partial charge in [0, 0.05) is 18.4 Å². The zero-order chi connectivity index (χ0) is 20.3. The Balaban J connectivity index is 1.16. The number of hydrogen-bond donors (Lipinski definition) is 1. The van der Waals surface area contributed by atoms with Crippen LogP contribution in [0, 0.1) is 5.92 Å². The Labute approximate surface area is 185 Å². The molecule has 0 atom stereocenters. The van der Waals surface area contributed by atoms with Gasteiger partial charge in [-0.05, 0) is 72.9 Å². The maximum absolute atomic E-state index is 5.22. The van der Waals surface area contributed by atoms with Gasteiger partial charge in [0.05, 0.1) is 27.7 Å². The highest BCUT2D eigenvalue weighted by Gasteiger charge is 2.22. The Morgan fingerprint density at radius 3 is 2.80 bits per heavy atom. The van der Waals surface area contributed by atoms with Crippen molar-refractivity contribution in [1.29, 1.82) is 0 Å². The number of hydrogen-bond acceptors (Lipinski definition) is 6. The van der Waals surface area contributed by atoms with Crippen LogP contribution in [0.5, 0.6) is 5.19 Å². The molecule has 0 radical (unpaired) electrons. The van der Waals surface area contributed by atoms with Crippen molar-refractivity contribution >= 4 is 38.6 Å². The normalized spacial score (nSPS) is 19.1. The number of anilines is 1. The molecule has 2 aromatic carbocycles. The van der Waals surface area contributed by atoms with E-state index in [1.54, 1.807) is 29.8 Å². The molecule has 1 N–H and O–H groups in total. The molecule has 1 fully saturated rings. The highest BCUT2D eigenvalue weighted by Crippen LogP contribution is 2.37. The van der Waals surface area contributed by atoms with Crippen molar-refractivity contribution < 1.29 is 4.74 Å². The number of nitrogens with zero attached hydrogens (tertiary/aromatic N) is 2. The lowest BCUT2D eigenvalue weighted by Gasteiger charge is -2.29. The molecule has 1 aliphatic rings. The number of thiazole rings is 2. The predicted molar refractivity (Wildman–Crippen MR) is 127 cm³/mol. The fraction of sp³-hybridized carbons (Fsp3) is 0.333. The molecule has 2 aromatic heterocycles. The van der Waals surface area contributed by atoms with Crippen LogP contribution in [-0.2, 0) is 0 Å². The quantitative estimate of drug-likeness (QED) is 0.361. The largest absolute Gasteiger partial charge is 0.473 e. The van der Waals surface area contributed by atoms with Crippen LogP contribution in [0.15, 0.2) is 54.2 Å². The van der Waals surface area contributed by atoms with Crippen molar-refractivity contribution in [2.24, 2.45) is 5.92 Å². The first-order valence-corrected chi connectivity index (χ1v) is 12.2. The van der Waals surface area contributed by atoms with Gasteiger partial charge < -0.3 is 10.1 Å². The zero-order valence-electron chi connectivity index (χ0n) is 17.0. The minimum Gasteiger partial charge on any atom is -0.473 e. The van der Waals surface area contributed by atoms with E-state index in [1.165, 1.54) is 47.2 Å². The first kappa shape index (κ1) is 19.5. The molecule has 0 spiro atoms. The van der Waals surface area contributed by atoms with Gasteiger partial charge in [0.1, 0.15) is 0 Å². The van der Waals surface area contributed by atoms with Crippen LogP contribution in [-0.4, -0.2) is 23.6 Å². The molecular formula is C24H25N3OS2. The Bertz CT molecular complexity index is 1130. The fourth-order valence-electron chi connectivity index (χ4n) is 4.36. The van der Waals surface area contributed by atoms with E-state index in [-0.39, 0.29) is 0 Å². The summed E-state index contributed by atoms with van der Waals surface area (Å²) in [4.78, 5) is 9.90. The average Bonchev–Trinajstić information content (AvgIpc) is 3.47. The summed E-state index contributed by atoms with van der Waals surface area (Å²) >= 11 is 3.30. The maximum Gasteiger partial charge on any atom is 0.273 e. The van der Waals surface area contributed by atoms with Crippen LogP contribution in [0.1, 0.15) is 37.2 Å². The van der Waals surface area contributed by atoms with Gasteiger partial charge in [-0.1, -0.05) is 29.5 Å². The molecule has 0 bridgehead atoms. The lowest BCUT2D eigenvalue weighted by atomic mass is 9.78. The maximum atomic E-state index is 5.22. The summed E-state index contributed by atoms with van der Waals surface area (Å²) in [6.07, 6.45) is 6.97. The molecule has 154 valence electrons. The van der Waals surface area contributed by atoms with E-state index < -0.39 is 0 Å². The Morgan fingerprint density at radius 1 is 1.07 bits per heavy atom. The van der Waals surface area contributed by atoms with Crippen molar-refractivity contribution in [3.05, 3.63) is 59.7 Å². The van der Waals surface area contributed by atoms with Crippen LogP contribution in [0.2, 0.25) is 0 Å². The summed E-state index contributed by atoms with van der Waals surface area (Å²) in [7, 11) is 1.66. The number of ether oxygens (including phenoxy) is 1. The van der Waals surface area contributed by atoms with Gasteiger partial charge in [-0.3, -0.25) is 0 Å². The first-order chi connectivity index (χ1) is 14.8. The smallest absolute Gasteiger partial charge is 0.273 e. The van der Waals surface area contributed by atoms with E-state index >= 15 is 0 Å². The third-order valence-corrected chi connectivity index (χ3v) is 7.89. The summed E-state index contributed by atoms with van der Waals surface area (Å²) in [6.45, 7) is 1.04. The predicted octanol–water partition coefficient (Wildman–Crippen LogP) is 6.81. The van der Waals surface area contributed by atoms with E-state index in [9.17, 15) is 0 Å². The second kappa shape index (κ2) is 8.74. The van der Waals surface area contributed by atoms with E-state index in [0.29, 0.717) is 11.1 Å². The summed E-state index contributed by atoms with van der Waals surface area (Å²) in [6, 6.07) is 15.4. The first-order valence-electron chi connectivity index (χ1n) is 10.5. The molecule has 0 amide bonds. The summed E-state index contributed by atoms with van der Waals surface area (Å²) in [5.74, 6) is 1.41. The standard InChI is InChI=1S/C24H25N3OS2/c1-28-24-26-14-23(30-24)19-3-2-4-20(11-19)25-13-16-5-7-17(8-6-16)18-9-10-22-21(12-18)27-15-29-22/h2-4,9-12,14-17,25H,5-8,13H2,1H3. The van der Waals surface area contributed by atoms with Crippen LogP contribution < -0.4 is 10.1 Å². The van der Waals surface area contributed by atoms with Gasteiger partial charge >= 0.3 is 0 Å². The van der Waals surface area contributed by atoms with Gasteiger partial charge in [-0.2, -0.15) is 0 Å². The molecule has 4 aromatic rings. The highest BCUT2D eigenvalue weighted by molar-refractivity contribution is 7.17. The van der Waals surface area contributed by atoms with E-state index in [1.807, 2.05) is 11.7 Å². The minimum atomic E-state index is 0.678. The van der Waals surface area contributed by atoms with Crippen molar-refractivity contribution in [3.63, 3.8) is 0 Å². The van der Waals surface area contributed by atoms with Crippen LogP contribution >= 0.6 is 22.7 Å². The monoisotopic (exact) mass is 435 g/mol.